The second kappa shape index (κ2) is 9.80. The van der Waals surface area contributed by atoms with Crippen molar-refractivity contribution < 1.29 is 9.21 Å². The van der Waals surface area contributed by atoms with E-state index in [2.05, 4.69) is 41.8 Å². The second-order valence-electron chi connectivity index (χ2n) is 9.92. The van der Waals surface area contributed by atoms with Gasteiger partial charge in [-0.3, -0.25) is 19.9 Å². The first-order valence-corrected chi connectivity index (χ1v) is 13.0. The number of piperidine rings is 1. The number of hydrogen-bond acceptors (Lipinski definition) is 7. The minimum absolute atomic E-state index is 0.0180. The summed E-state index contributed by atoms with van der Waals surface area (Å²) >= 11 is 0. The molecule has 194 valence electrons. The summed E-state index contributed by atoms with van der Waals surface area (Å²) in [6.07, 6.45) is 13.0. The first-order chi connectivity index (χ1) is 19.2. The molecule has 10 nitrogen and oxygen atoms in total. The minimum atomic E-state index is 0.0180. The Labute approximate surface area is 223 Å². The van der Waals surface area contributed by atoms with Crippen molar-refractivity contribution in [3.05, 3.63) is 67.6 Å². The Hall–Kier alpha value is -4.83. The van der Waals surface area contributed by atoms with Crippen molar-refractivity contribution in [1.29, 1.82) is 0 Å². The van der Waals surface area contributed by atoms with Gasteiger partial charge in [-0.1, -0.05) is 0 Å². The van der Waals surface area contributed by atoms with E-state index in [1.807, 2.05) is 30.5 Å². The summed E-state index contributed by atoms with van der Waals surface area (Å²) < 4.78 is 5.28. The zero-order chi connectivity index (χ0) is 26.2. The Morgan fingerprint density at radius 1 is 1.00 bits per heavy atom. The highest BCUT2D eigenvalue weighted by Gasteiger charge is 2.18. The van der Waals surface area contributed by atoms with Crippen molar-refractivity contribution in [3.63, 3.8) is 0 Å². The molecule has 4 N–H and O–H groups in total. The maximum atomic E-state index is 12.6. The van der Waals surface area contributed by atoms with E-state index >= 15 is 0 Å². The van der Waals surface area contributed by atoms with Crippen LogP contribution < -0.4 is 10.6 Å². The average molecular weight is 519 g/mol. The summed E-state index contributed by atoms with van der Waals surface area (Å²) in [5.41, 5.74) is 8.14. The molecular weight excluding hydrogens is 492 g/mol. The highest BCUT2D eigenvalue weighted by molar-refractivity contribution is 6.00. The van der Waals surface area contributed by atoms with Crippen LogP contribution >= 0.6 is 0 Å². The highest BCUT2D eigenvalue weighted by Crippen LogP contribution is 2.34. The van der Waals surface area contributed by atoms with Gasteiger partial charge in [0.1, 0.15) is 11.2 Å². The number of aromatic amines is 2. The zero-order valence-electron chi connectivity index (χ0n) is 21.1. The number of amides is 1. The molecule has 1 fully saturated rings. The molecule has 7 rings (SSSR count). The number of pyridine rings is 3. The van der Waals surface area contributed by atoms with Crippen molar-refractivity contribution in [2.45, 2.75) is 19.3 Å². The van der Waals surface area contributed by atoms with Crippen LogP contribution in [-0.4, -0.2) is 49.1 Å². The molecule has 7 heterocycles. The van der Waals surface area contributed by atoms with Gasteiger partial charge in [0, 0.05) is 40.9 Å². The Bertz CT molecular complexity index is 1780. The van der Waals surface area contributed by atoms with Crippen LogP contribution in [0.25, 0.3) is 55.7 Å². The number of carbonyl (C=O) groups excluding carboxylic acids is 1. The van der Waals surface area contributed by atoms with Gasteiger partial charge in [-0.15, -0.1) is 0 Å². The number of nitrogens with one attached hydrogen (secondary N) is 4. The molecule has 6 aromatic rings. The SMILES string of the molecule is O=C(CC1CCNCC1)Nc1cncc(-c2ccc3[nH]nc(-c4cc5c(-c6ccoc6)cncc5[nH]4)c3n2)c1. The summed E-state index contributed by atoms with van der Waals surface area (Å²) in [7, 11) is 0. The number of hydrogen-bond donors (Lipinski definition) is 4. The highest BCUT2D eigenvalue weighted by atomic mass is 16.3. The second-order valence-corrected chi connectivity index (χ2v) is 9.92. The summed E-state index contributed by atoms with van der Waals surface area (Å²) in [4.78, 5) is 29.8. The Balaban J connectivity index is 1.19. The largest absolute Gasteiger partial charge is 0.472 e. The minimum Gasteiger partial charge on any atom is -0.472 e. The fourth-order valence-electron chi connectivity index (χ4n) is 5.28. The summed E-state index contributed by atoms with van der Waals surface area (Å²) in [5.74, 6) is 0.437. The Kier molecular flexibility index (Phi) is 5.86. The summed E-state index contributed by atoms with van der Waals surface area (Å²) in [5, 5.41) is 15.0. The number of fused-ring (bicyclic) bond motifs is 2. The van der Waals surface area contributed by atoms with Gasteiger partial charge in [0.15, 0.2) is 0 Å². The number of carbonyl (C=O) groups is 1. The standard InChI is InChI=1S/C29H26N8O2/c38-27(9-17-3-6-30-7-4-17)33-20-10-19(12-31-13-20)23-1-2-24-28(35-23)29(37-36-24)25-11-21-22(18-5-8-39-16-18)14-32-15-26(21)34-25/h1-2,5,8,10-17,30,34H,3-4,6-7,9H2,(H,33,38)(H,36,37). The number of anilines is 1. The molecule has 6 aromatic heterocycles. The number of aromatic nitrogens is 6. The van der Waals surface area contributed by atoms with Gasteiger partial charge >= 0.3 is 0 Å². The van der Waals surface area contributed by atoms with E-state index < -0.39 is 0 Å². The van der Waals surface area contributed by atoms with E-state index in [9.17, 15) is 4.79 Å². The van der Waals surface area contributed by atoms with Gasteiger partial charge in [0.2, 0.25) is 5.91 Å². The predicted octanol–water partition coefficient (Wildman–Crippen LogP) is 5.15. The molecule has 0 aliphatic carbocycles. The zero-order valence-corrected chi connectivity index (χ0v) is 21.1. The molecule has 0 bridgehead atoms. The first-order valence-electron chi connectivity index (χ1n) is 13.0. The third-order valence-corrected chi connectivity index (χ3v) is 7.29. The van der Waals surface area contributed by atoms with Crippen LogP contribution in [0.5, 0.6) is 0 Å². The van der Waals surface area contributed by atoms with Crippen molar-refractivity contribution in [2.75, 3.05) is 18.4 Å². The lowest BCUT2D eigenvalue weighted by Crippen LogP contribution is -2.30. The van der Waals surface area contributed by atoms with E-state index in [0.29, 0.717) is 23.7 Å². The van der Waals surface area contributed by atoms with Crippen LogP contribution in [0.2, 0.25) is 0 Å². The maximum absolute atomic E-state index is 12.6. The number of rotatable bonds is 6. The summed E-state index contributed by atoms with van der Waals surface area (Å²) in [6, 6.07) is 9.77. The molecule has 0 atom stereocenters. The molecule has 39 heavy (non-hydrogen) atoms. The maximum Gasteiger partial charge on any atom is 0.224 e. The van der Waals surface area contributed by atoms with Gasteiger partial charge < -0.3 is 20.0 Å². The smallest absolute Gasteiger partial charge is 0.224 e. The molecule has 1 aliphatic heterocycles. The lowest BCUT2D eigenvalue weighted by atomic mass is 9.94. The number of H-pyrrole nitrogens is 2. The summed E-state index contributed by atoms with van der Waals surface area (Å²) in [6.45, 7) is 1.94. The lowest BCUT2D eigenvalue weighted by molar-refractivity contribution is -0.117. The third-order valence-electron chi connectivity index (χ3n) is 7.29. The quantitative estimate of drug-likeness (QED) is 0.239. The van der Waals surface area contributed by atoms with Crippen molar-refractivity contribution in [1.82, 2.24) is 35.5 Å². The van der Waals surface area contributed by atoms with E-state index in [0.717, 1.165) is 75.9 Å². The average Bonchev–Trinajstić information content (AvgIpc) is 3.73. The fourth-order valence-corrected chi connectivity index (χ4v) is 5.28. The van der Waals surface area contributed by atoms with E-state index in [1.165, 1.54) is 0 Å². The van der Waals surface area contributed by atoms with Gasteiger partial charge in [0.05, 0.1) is 53.0 Å². The normalized spacial score (nSPS) is 14.3. The lowest BCUT2D eigenvalue weighted by Gasteiger charge is -2.21. The van der Waals surface area contributed by atoms with Crippen LogP contribution in [0.4, 0.5) is 5.69 Å². The molecular formula is C29H26N8O2. The predicted molar refractivity (Wildman–Crippen MR) is 149 cm³/mol. The monoisotopic (exact) mass is 518 g/mol. The van der Waals surface area contributed by atoms with Crippen LogP contribution in [0.15, 0.2) is 72.1 Å². The molecule has 1 amide bonds. The molecule has 0 spiro atoms. The molecule has 0 saturated carbocycles. The topological polar surface area (TPSA) is 137 Å². The van der Waals surface area contributed by atoms with E-state index in [4.69, 9.17) is 9.40 Å². The molecule has 10 heteroatoms. The van der Waals surface area contributed by atoms with Gasteiger partial charge in [-0.05, 0) is 62.2 Å². The van der Waals surface area contributed by atoms with Gasteiger partial charge in [-0.2, -0.15) is 5.10 Å². The first kappa shape index (κ1) is 23.3. The Morgan fingerprint density at radius 2 is 1.90 bits per heavy atom. The van der Waals surface area contributed by atoms with E-state index in [1.54, 1.807) is 31.1 Å². The molecule has 0 aromatic carbocycles. The Morgan fingerprint density at radius 3 is 2.77 bits per heavy atom. The fraction of sp³-hybridized carbons (Fsp3) is 0.207. The van der Waals surface area contributed by atoms with Crippen LogP contribution in [0, 0.1) is 5.92 Å². The van der Waals surface area contributed by atoms with Crippen molar-refractivity contribution >= 4 is 33.5 Å². The molecule has 0 radical (unpaired) electrons. The number of nitrogens with zero attached hydrogens (tertiary/aromatic N) is 4. The van der Waals surface area contributed by atoms with Crippen LogP contribution in [-0.2, 0) is 4.79 Å². The van der Waals surface area contributed by atoms with E-state index in [-0.39, 0.29) is 5.91 Å². The number of furan rings is 1. The van der Waals surface area contributed by atoms with Crippen LogP contribution in [0.3, 0.4) is 0 Å². The van der Waals surface area contributed by atoms with Crippen LogP contribution in [0.1, 0.15) is 19.3 Å². The molecule has 1 saturated heterocycles. The van der Waals surface area contributed by atoms with Crippen molar-refractivity contribution in [3.8, 4) is 33.8 Å². The molecule has 0 unspecified atom stereocenters. The third kappa shape index (κ3) is 4.55. The molecule has 1 aliphatic rings. The van der Waals surface area contributed by atoms with Gasteiger partial charge in [-0.25, -0.2) is 4.98 Å². The van der Waals surface area contributed by atoms with Gasteiger partial charge in [0.25, 0.3) is 0 Å². The van der Waals surface area contributed by atoms with Crippen molar-refractivity contribution in [2.24, 2.45) is 5.92 Å².